The Kier molecular flexibility index (Phi) is 4.34. The number of carbonyl (C=O) groups excluding carboxylic acids is 1. The van der Waals surface area contributed by atoms with Gasteiger partial charge in [0.25, 0.3) is 11.9 Å². The molecule has 122 valence electrons. The van der Waals surface area contributed by atoms with Crippen molar-refractivity contribution in [3.63, 3.8) is 0 Å². The first-order valence-electron chi connectivity index (χ1n) is 7.49. The van der Waals surface area contributed by atoms with Crippen molar-refractivity contribution in [1.82, 2.24) is 4.90 Å². The Morgan fingerprint density at radius 1 is 1.22 bits per heavy atom. The van der Waals surface area contributed by atoms with E-state index < -0.39 is 5.82 Å². The fraction of sp³-hybridized carbons (Fsp3) is 0.353. The van der Waals surface area contributed by atoms with E-state index >= 15 is 0 Å². The van der Waals surface area contributed by atoms with Crippen LogP contribution < -0.4 is 4.74 Å². The van der Waals surface area contributed by atoms with Crippen molar-refractivity contribution in [2.45, 2.75) is 26.1 Å². The van der Waals surface area contributed by atoms with E-state index in [9.17, 15) is 9.18 Å². The third kappa shape index (κ3) is 3.71. The molecule has 2 aromatic rings. The summed E-state index contributed by atoms with van der Waals surface area (Å²) in [6.07, 6.45) is -0.0265. The second-order valence-corrected chi connectivity index (χ2v) is 5.65. The summed E-state index contributed by atoms with van der Waals surface area (Å²) in [5, 5.41) is 0. The molecule has 2 atom stereocenters. The molecule has 5 nitrogen and oxygen atoms in total. The van der Waals surface area contributed by atoms with Crippen LogP contribution in [0.5, 0.6) is 11.7 Å². The highest BCUT2D eigenvalue weighted by atomic mass is 19.1. The lowest BCUT2D eigenvalue weighted by molar-refractivity contribution is -0.0592. The summed E-state index contributed by atoms with van der Waals surface area (Å²) in [6, 6.07) is 8.82. The molecule has 1 aromatic carbocycles. The number of rotatable bonds is 3. The van der Waals surface area contributed by atoms with Crippen LogP contribution >= 0.6 is 0 Å². The Labute approximate surface area is 133 Å². The smallest absolute Gasteiger partial charge is 0.290 e. The average molecular weight is 319 g/mol. The van der Waals surface area contributed by atoms with Crippen LogP contribution in [0.4, 0.5) is 4.39 Å². The summed E-state index contributed by atoms with van der Waals surface area (Å²) >= 11 is 0. The molecule has 1 aliphatic rings. The predicted octanol–water partition coefficient (Wildman–Crippen LogP) is 3.46. The van der Waals surface area contributed by atoms with Gasteiger partial charge >= 0.3 is 0 Å². The number of halogens is 1. The maximum Gasteiger partial charge on any atom is 0.290 e. The van der Waals surface area contributed by atoms with Crippen molar-refractivity contribution in [3.8, 4) is 11.7 Å². The zero-order valence-electron chi connectivity index (χ0n) is 13.0. The van der Waals surface area contributed by atoms with Crippen molar-refractivity contribution in [2.24, 2.45) is 0 Å². The summed E-state index contributed by atoms with van der Waals surface area (Å²) in [5.74, 6) is 0.0423. The van der Waals surface area contributed by atoms with Crippen molar-refractivity contribution < 1.29 is 23.1 Å². The van der Waals surface area contributed by atoms with Gasteiger partial charge in [-0.15, -0.1) is 0 Å². The number of hydrogen-bond acceptors (Lipinski definition) is 4. The van der Waals surface area contributed by atoms with Gasteiger partial charge in [0.1, 0.15) is 11.6 Å². The van der Waals surface area contributed by atoms with Crippen LogP contribution in [0, 0.1) is 5.82 Å². The predicted molar refractivity (Wildman–Crippen MR) is 81.1 cm³/mol. The number of amides is 1. The summed E-state index contributed by atoms with van der Waals surface area (Å²) in [7, 11) is 0. The van der Waals surface area contributed by atoms with Gasteiger partial charge in [-0.05, 0) is 32.0 Å². The van der Waals surface area contributed by atoms with Crippen LogP contribution in [0.25, 0.3) is 0 Å². The van der Waals surface area contributed by atoms with Crippen LogP contribution in [0.3, 0.4) is 0 Å². The molecule has 2 heterocycles. The molecule has 6 heteroatoms. The van der Waals surface area contributed by atoms with Crippen molar-refractivity contribution in [3.05, 3.63) is 48.0 Å². The molecule has 1 aliphatic heterocycles. The first-order chi connectivity index (χ1) is 11.0. The molecule has 3 rings (SSSR count). The van der Waals surface area contributed by atoms with Gasteiger partial charge in [-0.3, -0.25) is 4.79 Å². The lowest BCUT2D eigenvalue weighted by atomic mass is 10.2. The van der Waals surface area contributed by atoms with Crippen molar-refractivity contribution in [2.75, 3.05) is 13.1 Å². The Balaban J connectivity index is 1.70. The first kappa shape index (κ1) is 15.6. The number of furan rings is 1. The Morgan fingerprint density at radius 2 is 1.96 bits per heavy atom. The molecule has 1 aromatic heterocycles. The Hall–Kier alpha value is -2.34. The van der Waals surface area contributed by atoms with Gasteiger partial charge < -0.3 is 18.8 Å². The van der Waals surface area contributed by atoms with E-state index in [0.29, 0.717) is 18.8 Å². The van der Waals surface area contributed by atoms with Gasteiger partial charge in [0, 0.05) is 25.2 Å². The molecule has 1 amide bonds. The van der Waals surface area contributed by atoms with Crippen LogP contribution in [0.1, 0.15) is 24.4 Å². The normalized spacial score (nSPS) is 21.3. The molecule has 1 saturated heterocycles. The molecule has 23 heavy (non-hydrogen) atoms. The number of hydrogen-bond donors (Lipinski definition) is 0. The third-order valence-electron chi connectivity index (χ3n) is 3.51. The van der Waals surface area contributed by atoms with E-state index in [2.05, 4.69) is 0 Å². The van der Waals surface area contributed by atoms with Gasteiger partial charge in [-0.2, -0.15) is 0 Å². The van der Waals surface area contributed by atoms with E-state index in [1.807, 2.05) is 13.8 Å². The quantitative estimate of drug-likeness (QED) is 0.869. The molecule has 0 radical (unpaired) electrons. The van der Waals surface area contributed by atoms with Crippen LogP contribution in [0.2, 0.25) is 0 Å². The summed E-state index contributed by atoms with van der Waals surface area (Å²) in [4.78, 5) is 14.2. The molecule has 0 saturated carbocycles. The van der Waals surface area contributed by atoms with Crippen LogP contribution in [-0.4, -0.2) is 36.1 Å². The number of morpholine rings is 1. The number of benzene rings is 1. The fourth-order valence-corrected chi connectivity index (χ4v) is 2.64. The number of ether oxygens (including phenoxy) is 2. The Bertz CT molecular complexity index is 689. The molecular weight excluding hydrogens is 301 g/mol. The molecule has 0 aliphatic carbocycles. The van der Waals surface area contributed by atoms with E-state index in [1.54, 1.807) is 23.1 Å². The monoisotopic (exact) mass is 319 g/mol. The van der Waals surface area contributed by atoms with E-state index in [1.165, 1.54) is 18.2 Å². The summed E-state index contributed by atoms with van der Waals surface area (Å²) in [5.41, 5.74) is 0. The summed E-state index contributed by atoms with van der Waals surface area (Å²) in [6.45, 7) is 4.89. The highest BCUT2D eigenvalue weighted by Crippen LogP contribution is 2.25. The molecular formula is C17H18FNO4. The second kappa shape index (κ2) is 6.42. The first-order valence-corrected chi connectivity index (χ1v) is 7.49. The SMILES string of the molecule is C[C@@H]1CN(C(=O)c2ccc(Oc3cccc(F)c3)o2)C[C@H](C)O1. The largest absolute Gasteiger partial charge is 0.426 e. The maximum absolute atomic E-state index is 13.1. The zero-order valence-corrected chi connectivity index (χ0v) is 13.0. The van der Waals surface area contributed by atoms with Crippen LogP contribution in [-0.2, 0) is 4.74 Å². The zero-order chi connectivity index (χ0) is 16.4. The highest BCUT2D eigenvalue weighted by Gasteiger charge is 2.28. The molecule has 0 unspecified atom stereocenters. The number of carbonyl (C=O) groups is 1. The molecule has 0 spiro atoms. The van der Waals surface area contributed by atoms with Crippen LogP contribution in [0.15, 0.2) is 40.8 Å². The van der Waals surface area contributed by atoms with E-state index in [0.717, 1.165) is 0 Å². The summed E-state index contributed by atoms with van der Waals surface area (Å²) < 4.78 is 29.6. The maximum atomic E-state index is 13.1. The minimum Gasteiger partial charge on any atom is -0.426 e. The number of nitrogens with zero attached hydrogens (tertiary/aromatic N) is 1. The highest BCUT2D eigenvalue weighted by molar-refractivity contribution is 5.91. The van der Waals surface area contributed by atoms with E-state index in [4.69, 9.17) is 13.9 Å². The topological polar surface area (TPSA) is 51.9 Å². The van der Waals surface area contributed by atoms with Crippen molar-refractivity contribution >= 4 is 5.91 Å². The van der Waals surface area contributed by atoms with E-state index in [-0.39, 0.29) is 29.8 Å². The second-order valence-electron chi connectivity index (χ2n) is 5.65. The third-order valence-corrected chi connectivity index (χ3v) is 3.51. The fourth-order valence-electron chi connectivity index (χ4n) is 2.64. The van der Waals surface area contributed by atoms with Gasteiger partial charge in [0.05, 0.1) is 12.2 Å². The van der Waals surface area contributed by atoms with Gasteiger partial charge in [0.2, 0.25) is 0 Å². The minimum absolute atomic E-state index is 0.0133. The van der Waals surface area contributed by atoms with Gasteiger partial charge in [-0.1, -0.05) is 6.07 Å². The van der Waals surface area contributed by atoms with Gasteiger partial charge in [-0.25, -0.2) is 4.39 Å². The lowest BCUT2D eigenvalue weighted by Gasteiger charge is -2.34. The lowest BCUT2D eigenvalue weighted by Crippen LogP contribution is -2.48. The Morgan fingerprint density at radius 3 is 2.65 bits per heavy atom. The standard InChI is InChI=1S/C17H18FNO4/c1-11-9-19(10-12(2)21-11)17(20)15-6-7-16(23-15)22-14-5-3-4-13(18)8-14/h3-8,11-12H,9-10H2,1-2H3/t11-,12+. The molecule has 0 N–H and O–H groups in total. The van der Waals surface area contributed by atoms with Crippen molar-refractivity contribution in [1.29, 1.82) is 0 Å². The molecule has 0 bridgehead atoms. The van der Waals surface area contributed by atoms with Gasteiger partial charge in [0.15, 0.2) is 5.76 Å². The minimum atomic E-state index is -0.401. The molecule has 1 fully saturated rings. The average Bonchev–Trinajstić information content (AvgIpc) is 2.94.